The summed E-state index contributed by atoms with van der Waals surface area (Å²) in [6.45, 7) is 4.50. The zero-order valence-corrected chi connectivity index (χ0v) is 11.3. The topological polar surface area (TPSA) is 57.6 Å². The molecule has 19 heavy (non-hydrogen) atoms. The van der Waals surface area contributed by atoms with Gasteiger partial charge in [0.05, 0.1) is 5.92 Å². The van der Waals surface area contributed by atoms with Gasteiger partial charge in [-0.1, -0.05) is 32.0 Å². The molecular weight excluding hydrogens is 242 g/mol. The first-order valence-electron chi connectivity index (χ1n) is 6.66. The van der Waals surface area contributed by atoms with E-state index < -0.39 is 11.9 Å². The third-order valence-electron chi connectivity index (χ3n) is 3.85. The molecular formula is C15H19NO3. The van der Waals surface area contributed by atoms with E-state index in [1.54, 1.807) is 4.90 Å². The molecule has 1 saturated heterocycles. The van der Waals surface area contributed by atoms with Gasteiger partial charge in [-0.15, -0.1) is 0 Å². The zero-order valence-electron chi connectivity index (χ0n) is 11.3. The molecule has 0 aromatic heterocycles. The van der Waals surface area contributed by atoms with Crippen LogP contribution in [0.3, 0.4) is 0 Å². The number of carbonyl (C=O) groups excluding carboxylic acids is 1. The van der Waals surface area contributed by atoms with Crippen LogP contribution in [0.25, 0.3) is 0 Å². The van der Waals surface area contributed by atoms with Gasteiger partial charge in [-0.25, -0.2) is 0 Å². The Morgan fingerprint density at radius 3 is 2.74 bits per heavy atom. The minimum absolute atomic E-state index is 0.0943. The Kier molecular flexibility index (Phi) is 3.88. The molecule has 0 unspecified atom stereocenters. The fourth-order valence-electron chi connectivity index (χ4n) is 2.48. The first-order valence-corrected chi connectivity index (χ1v) is 6.66. The number of amides is 1. The molecule has 0 aliphatic carbocycles. The number of carboxylic acids is 1. The summed E-state index contributed by atoms with van der Waals surface area (Å²) in [5.41, 5.74) is 1.98. The Bertz CT molecular complexity index is 498. The molecule has 2 rings (SSSR count). The second-order valence-corrected chi connectivity index (χ2v) is 5.11. The number of para-hydroxylation sites is 1. The largest absolute Gasteiger partial charge is 0.481 e. The highest BCUT2D eigenvalue weighted by molar-refractivity contribution is 5.99. The van der Waals surface area contributed by atoms with Crippen molar-refractivity contribution in [2.45, 2.75) is 32.6 Å². The third kappa shape index (κ3) is 2.62. The van der Waals surface area contributed by atoms with Crippen molar-refractivity contribution in [1.82, 2.24) is 0 Å². The van der Waals surface area contributed by atoms with Crippen molar-refractivity contribution < 1.29 is 14.7 Å². The van der Waals surface area contributed by atoms with Crippen LogP contribution in [-0.4, -0.2) is 23.5 Å². The maximum absolute atomic E-state index is 12.0. The van der Waals surface area contributed by atoms with Crippen LogP contribution in [0.1, 0.15) is 38.2 Å². The van der Waals surface area contributed by atoms with Gasteiger partial charge >= 0.3 is 5.97 Å². The van der Waals surface area contributed by atoms with Gasteiger partial charge in [0.25, 0.3) is 0 Å². The van der Waals surface area contributed by atoms with E-state index in [1.165, 1.54) is 0 Å². The minimum Gasteiger partial charge on any atom is -0.481 e. The van der Waals surface area contributed by atoms with Crippen molar-refractivity contribution in [3.05, 3.63) is 29.8 Å². The number of aliphatic carboxylic acids is 1. The van der Waals surface area contributed by atoms with Crippen LogP contribution in [0.5, 0.6) is 0 Å². The Hall–Kier alpha value is -1.84. The molecule has 1 heterocycles. The van der Waals surface area contributed by atoms with Gasteiger partial charge < -0.3 is 10.0 Å². The lowest BCUT2D eigenvalue weighted by atomic mass is 9.96. The molecule has 1 aliphatic heterocycles. The quantitative estimate of drug-likeness (QED) is 0.906. The lowest BCUT2D eigenvalue weighted by molar-refractivity contribution is -0.141. The van der Waals surface area contributed by atoms with Crippen molar-refractivity contribution in [2.75, 3.05) is 11.4 Å². The fraction of sp³-hybridized carbons (Fsp3) is 0.467. The summed E-state index contributed by atoms with van der Waals surface area (Å²) in [6.07, 6.45) is 1.09. The van der Waals surface area contributed by atoms with Gasteiger partial charge in [0, 0.05) is 18.7 Å². The molecule has 1 aromatic carbocycles. The van der Waals surface area contributed by atoms with E-state index in [1.807, 2.05) is 24.3 Å². The summed E-state index contributed by atoms with van der Waals surface area (Å²) < 4.78 is 0. The monoisotopic (exact) mass is 261 g/mol. The molecule has 4 nitrogen and oxygen atoms in total. The first-order chi connectivity index (χ1) is 9.04. The molecule has 0 bridgehead atoms. The number of hydrogen-bond acceptors (Lipinski definition) is 2. The number of benzene rings is 1. The lowest BCUT2D eigenvalue weighted by Crippen LogP contribution is -2.27. The number of carbonyl (C=O) groups is 2. The average Bonchev–Trinajstić information content (AvgIpc) is 2.80. The van der Waals surface area contributed by atoms with E-state index >= 15 is 0 Å². The van der Waals surface area contributed by atoms with Crippen LogP contribution < -0.4 is 4.90 Å². The normalized spacial score (nSPS) is 20.6. The Morgan fingerprint density at radius 2 is 2.16 bits per heavy atom. The number of anilines is 1. The van der Waals surface area contributed by atoms with Gasteiger partial charge in [-0.3, -0.25) is 9.59 Å². The molecule has 1 aliphatic rings. The molecule has 1 fully saturated rings. The molecule has 0 saturated carbocycles. The van der Waals surface area contributed by atoms with Crippen LogP contribution in [0.2, 0.25) is 0 Å². The highest BCUT2D eigenvalue weighted by atomic mass is 16.4. The Morgan fingerprint density at radius 1 is 1.47 bits per heavy atom. The molecule has 1 N–H and O–H groups in total. The highest BCUT2D eigenvalue weighted by Gasteiger charge is 2.36. The van der Waals surface area contributed by atoms with E-state index in [9.17, 15) is 9.59 Å². The molecule has 1 aromatic rings. The zero-order chi connectivity index (χ0) is 14.0. The maximum Gasteiger partial charge on any atom is 0.308 e. The third-order valence-corrected chi connectivity index (χ3v) is 3.85. The summed E-state index contributed by atoms with van der Waals surface area (Å²) in [5.74, 6) is -1.22. The number of hydrogen-bond donors (Lipinski definition) is 1. The smallest absolute Gasteiger partial charge is 0.308 e. The van der Waals surface area contributed by atoms with Crippen LogP contribution >= 0.6 is 0 Å². The van der Waals surface area contributed by atoms with Crippen molar-refractivity contribution in [1.29, 1.82) is 0 Å². The van der Waals surface area contributed by atoms with E-state index in [2.05, 4.69) is 13.8 Å². The molecule has 2 atom stereocenters. The summed E-state index contributed by atoms with van der Waals surface area (Å²) in [7, 11) is 0. The summed E-state index contributed by atoms with van der Waals surface area (Å²) in [6, 6.07) is 7.78. The Balaban J connectivity index is 2.32. The van der Waals surface area contributed by atoms with E-state index in [-0.39, 0.29) is 18.9 Å². The predicted molar refractivity (Wildman–Crippen MR) is 73.2 cm³/mol. The molecule has 0 spiro atoms. The van der Waals surface area contributed by atoms with Crippen LogP contribution in [-0.2, 0) is 9.59 Å². The number of carboxylic acid groups (broad SMARTS) is 1. The second-order valence-electron chi connectivity index (χ2n) is 5.11. The standard InChI is InChI=1S/C15H19NO3/c1-3-10(2)12-6-4-5-7-13(12)16-9-11(15(18)19)8-14(16)17/h4-7,10-11H,3,8-9H2,1-2H3,(H,18,19)/t10-,11-/m1/s1. The molecule has 102 valence electrons. The maximum atomic E-state index is 12.0. The van der Waals surface area contributed by atoms with Gasteiger partial charge in [0.1, 0.15) is 0 Å². The number of nitrogens with zero attached hydrogens (tertiary/aromatic N) is 1. The summed E-state index contributed by atoms with van der Waals surface area (Å²) in [5, 5.41) is 9.04. The second kappa shape index (κ2) is 5.43. The van der Waals surface area contributed by atoms with Gasteiger partial charge in [0.15, 0.2) is 0 Å². The van der Waals surface area contributed by atoms with E-state index in [4.69, 9.17) is 5.11 Å². The van der Waals surface area contributed by atoms with Crippen LogP contribution in [0, 0.1) is 5.92 Å². The molecule has 0 radical (unpaired) electrons. The first kappa shape index (κ1) is 13.6. The SMILES string of the molecule is CC[C@@H](C)c1ccccc1N1C[C@H](C(=O)O)CC1=O. The van der Waals surface area contributed by atoms with Crippen LogP contribution in [0.15, 0.2) is 24.3 Å². The average molecular weight is 261 g/mol. The lowest BCUT2D eigenvalue weighted by Gasteiger charge is -2.22. The molecule has 1 amide bonds. The minimum atomic E-state index is -0.892. The predicted octanol–water partition coefficient (Wildman–Crippen LogP) is 2.64. The summed E-state index contributed by atoms with van der Waals surface area (Å²) in [4.78, 5) is 24.7. The van der Waals surface area contributed by atoms with Gasteiger partial charge in [-0.05, 0) is 24.0 Å². The van der Waals surface area contributed by atoms with E-state index in [0.717, 1.165) is 17.7 Å². The van der Waals surface area contributed by atoms with Crippen molar-refractivity contribution in [2.24, 2.45) is 5.92 Å². The van der Waals surface area contributed by atoms with E-state index in [0.29, 0.717) is 5.92 Å². The van der Waals surface area contributed by atoms with Crippen molar-refractivity contribution >= 4 is 17.6 Å². The molecule has 4 heteroatoms. The van der Waals surface area contributed by atoms with Crippen molar-refractivity contribution in [3.8, 4) is 0 Å². The summed E-state index contributed by atoms with van der Waals surface area (Å²) >= 11 is 0. The van der Waals surface area contributed by atoms with Gasteiger partial charge in [0.2, 0.25) is 5.91 Å². The van der Waals surface area contributed by atoms with Crippen molar-refractivity contribution in [3.63, 3.8) is 0 Å². The van der Waals surface area contributed by atoms with Gasteiger partial charge in [-0.2, -0.15) is 0 Å². The highest BCUT2D eigenvalue weighted by Crippen LogP contribution is 2.33. The number of rotatable bonds is 4. The van der Waals surface area contributed by atoms with Crippen LogP contribution in [0.4, 0.5) is 5.69 Å². The Labute approximate surface area is 113 Å². The fourth-order valence-corrected chi connectivity index (χ4v) is 2.48.